The van der Waals surface area contributed by atoms with Crippen LogP contribution in [0.1, 0.15) is 5.56 Å². The predicted octanol–water partition coefficient (Wildman–Crippen LogP) is 2.44. The van der Waals surface area contributed by atoms with Crippen molar-refractivity contribution in [2.24, 2.45) is 0 Å². The van der Waals surface area contributed by atoms with E-state index in [0.717, 1.165) is 15.1 Å². The van der Waals surface area contributed by atoms with Gasteiger partial charge in [0.2, 0.25) is 0 Å². The second-order valence-corrected chi connectivity index (χ2v) is 3.06. The molecule has 1 aromatic rings. The highest BCUT2D eigenvalue weighted by molar-refractivity contribution is 9.10. The molecule has 9 heavy (non-hydrogen) atoms. The van der Waals surface area contributed by atoms with Crippen molar-refractivity contribution in [2.75, 3.05) is 0 Å². The highest BCUT2D eigenvalue weighted by Gasteiger charge is 1.93. The van der Waals surface area contributed by atoms with Crippen molar-refractivity contribution in [3.8, 4) is 0 Å². The summed E-state index contributed by atoms with van der Waals surface area (Å²) in [6, 6.07) is 1.96. The molecule has 0 aliphatic carbocycles. The lowest BCUT2D eigenvalue weighted by Gasteiger charge is -1.94. The molecule has 1 nitrogen and oxygen atoms in total. The number of nitrogens with zero attached hydrogens (tertiary/aromatic N) is 1. The van der Waals surface area contributed by atoms with Crippen LogP contribution in [0.4, 0.5) is 0 Å². The van der Waals surface area contributed by atoms with Gasteiger partial charge in [0.1, 0.15) is 4.60 Å². The van der Waals surface area contributed by atoms with E-state index in [-0.39, 0.29) is 0 Å². The van der Waals surface area contributed by atoms with Crippen molar-refractivity contribution in [1.29, 1.82) is 0 Å². The Morgan fingerprint density at radius 1 is 1.67 bits per heavy atom. The van der Waals surface area contributed by atoms with E-state index in [4.69, 9.17) is 0 Å². The monoisotopic (exact) mass is 203 g/mol. The molecule has 0 aromatic carbocycles. The number of hydrogen-bond acceptors (Lipinski definition) is 2. The molecule has 1 aromatic heterocycles. The predicted molar refractivity (Wildman–Crippen MR) is 43.9 cm³/mol. The summed E-state index contributed by atoms with van der Waals surface area (Å²) in [6.07, 6.45) is 1.80. The van der Waals surface area contributed by atoms with E-state index < -0.39 is 0 Å². The zero-order chi connectivity index (χ0) is 6.85. The first-order chi connectivity index (χ1) is 4.20. The standard InChI is InChI=1S/C6H6BrNS/c1-4-2-5(9)6(7)8-3-4/h2-3,9H,1H3. The van der Waals surface area contributed by atoms with Crippen LogP contribution in [0.25, 0.3) is 0 Å². The van der Waals surface area contributed by atoms with Crippen molar-refractivity contribution >= 4 is 28.6 Å². The van der Waals surface area contributed by atoms with Crippen LogP contribution in [0, 0.1) is 6.92 Å². The van der Waals surface area contributed by atoms with Crippen molar-refractivity contribution in [2.45, 2.75) is 11.8 Å². The van der Waals surface area contributed by atoms with E-state index in [2.05, 4.69) is 33.5 Å². The third kappa shape index (κ3) is 1.69. The largest absolute Gasteiger partial charge is 0.248 e. The minimum Gasteiger partial charge on any atom is -0.248 e. The van der Waals surface area contributed by atoms with Gasteiger partial charge < -0.3 is 0 Å². The van der Waals surface area contributed by atoms with Crippen molar-refractivity contribution in [3.05, 3.63) is 22.4 Å². The highest BCUT2D eigenvalue weighted by Crippen LogP contribution is 2.17. The van der Waals surface area contributed by atoms with Crippen LogP contribution in [0.15, 0.2) is 21.8 Å². The van der Waals surface area contributed by atoms with Crippen LogP contribution < -0.4 is 0 Å². The van der Waals surface area contributed by atoms with Gasteiger partial charge in [0.25, 0.3) is 0 Å². The zero-order valence-corrected chi connectivity index (χ0v) is 7.41. The van der Waals surface area contributed by atoms with Crippen LogP contribution in [0.5, 0.6) is 0 Å². The van der Waals surface area contributed by atoms with Crippen LogP contribution in [-0.4, -0.2) is 4.98 Å². The normalized spacial score (nSPS) is 9.67. The van der Waals surface area contributed by atoms with E-state index >= 15 is 0 Å². The number of pyridine rings is 1. The molecular formula is C6H6BrNS. The molecule has 0 aliphatic heterocycles. The van der Waals surface area contributed by atoms with Crippen LogP contribution in [0.2, 0.25) is 0 Å². The summed E-state index contributed by atoms with van der Waals surface area (Å²) >= 11 is 7.40. The molecule has 3 heteroatoms. The van der Waals surface area contributed by atoms with E-state index in [1.807, 2.05) is 13.0 Å². The second kappa shape index (κ2) is 2.71. The summed E-state index contributed by atoms with van der Waals surface area (Å²) in [7, 11) is 0. The van der Waals surface area contributed by atoms with Gasteiger partial charge in [-0.25, -0.2) is 4.98 Å². The molecule has 0 spiro atoms. The molecule has 1 rings (SSSR count). The third-order valence-electron chi connectivity index (χ3n) is 0.957. The first kappa shape index (κ1) is 7.09. The molecule has 0 unspecified atom stereocenters. The molecular weight excluding hydrogens is 198 g/mol. The number of aryl methyl sites for hydroxylation is 1. The number of aromatic nitrogens is 1. The topological polar surface area (TPSA) is 12.9 Å². The first-order valence-corrected chi connectivity index (χ1v) is 3.75. The average Bonchev–Trinajstić information content (AvgIpc) is 1.80. The second-order valence-electron chi connectivity index (χ2n) is 1.82. The molecule has 48 valence electrons. The first-order valence-electron chi connectivity index (χ1n) is 2.51. The van der Waals surface area contributed by atoms with Gasteiger partial charge in [-0.05, 0) is 34.5 Å². The van der Waals surface area contributed by atoms with Gasteiger partial charge in [-0.2, -0.15) is 0 Å². The maximum atomic E-state index is 4.16. The Labute approximate surface area is 68.0 Å². The average molecular weight is 204 g/mol. The lowest BCUT2D eigenvalue weighted by molar-refractivity contribution is 1.15. The molecule has 0 bridgehead atoms. The van der Waals surface area contributed by atoms with Crippen LogP contribution >= 0.6 is 28.6 Å². The highest BCUT2D eigenvalue weighted by atomic mass is 79.9. The molecule has 0 amide bonds. The third-order valence-corrected chi connectivity index (χ3v) is 2.24. The number of thiol groups is 1. The lowest BCUT2D eigenvalue weighted by atomic mass is 10.3. The van der Waals surface area contributed by atoms with Gasteiger partial charge in [-0.3, -0.25) is 0 Å². The van der Waals surface area contributed by atoms with Crippen molar-refractivity contribution in [1.82, 2.24) is 4.98 Å². The zero-order valence-electron chi connectivity index (χ0n) is 4.93. The molecule has 1 heterocycles. The van der Waals surface area contributed by atoms with Crippen molar-refractivity contribution in [3.63, 3.8) is 0 Å². The fourth-order valence-corrected chi connectivity index (χ4v) is 1.02. The fourth-order valence-electron chi connectivity index (χ4n) is 0.537. The fraction of sp³-hybridized carbons (Fsp3) is 0.167. The maximum Gasteiger partial charge on any atom is 0.119 e. The SMILES string of the molecule is Cc1cnc(Br)c(S)c1. The summed E-state index contributed by atoms with van der Waals surface area (Å²) in [5.41, 5.74) is 1.13. The minimum absolute atomic E-state index is 0.802. The Morgan fingerprint density at radius 3 is 2.78 bits per heavy atom. The van der Waals surface area contributed by atoms with E-state index in [9.17, 15) is 0 Å². The van der Waals surface area contributed by atoms with Gasteiger partial charge in [-0.1, -0.05) is 0 Å². The van der Waals surface area contributed by atoms with Crippen LogP contribution in [-0.2, 0) is 0 Å². The number of halogens is 1. The van der Waals surface area contributed by atoms with E-state index in [1.165, 1.54) is 0 Å². The van der Waals surface area contributed by atoms with Crippen molar-refractivity contribution < 1.29 is 0 Å². The Kier molecular flexibility index (Phi) is 2.13. The Morgan fingerprint density at radius 2 is 2.33 bits per heavy atom. The Balaban J connectivity index is 3.17. The van der Waals surface area contributed by atoms with E-state index in [1.54, 1.807) is 6.20 Å². The summed E-state index contributed by atoms with van der Waals surface area (Å²) in [5.74, 6) is 0. The lowest BCUT2D eigenvalue weighted by Crippen LogP contribution is -1.78. The molecule has 0 fully saturated rings. The summed E-state index contributed by atoms with van der Waals surface area (Å²) in [5, 5.41) is 0. The maximum absolute atomic E-state index is 4.16. The summed E-state index contributed by atoms with van der Waals surface area (Å²) < 4.78 is 0.802. The van der Waals surface area contributed by atoms with Gasteiger partial charge in [0.05, 0.1) is 0 Å². The van der Waals surface area contributed by atoms with Gasteiger partial charge >= 0.3 is 0 Å². The quantitative estimate of drug-likeness (QED) is 0.505. The molecule has 0 saturated carbocycles. The van der Waals surface area contributed by atoms with E-state index in [0.29, 0.717) is 0 Å². The smallest absolute Gasteiger partial charge is 0.119 e. The molecule has 0 N–H and O–H groups in total. The van der Waals surface area contributed by atoms with Crippen LogP contribution in [0.3, 0.4) is 0 Å². The summed E-state index contributed by atoms with van der Waals surface area (Å²) in [4.78, 5) is 4.90. The number of hydrogen-bond donors (Lipinski definition) is 1. The summed E-state index contributed by atoms with van der Waals surface area (Å²) in [6.45, 7) is 1.99. The molecule has 0 atom stereocenters. The van der Waals surface area contributed by atoms with Gasteiger partial charge in [0, 0.05) is 11.1 Å². The Bertz CT molecular complexity index is 224. The molecule has 0 saturated heterocycles. The minimum atomic E-state index is 0.802. The molecule has 0 radical (unpaired) electrons. The van der Waals surface area contributed by atoms with Gasteiger partial charge in [0.15, 0.2) is 0 Å². The molecule has 0 aliphatic rings. The number of rotatable bonds is 0. The Hall–Kier alpha value is -0.0200. The van der Waals surface area contributed by atoms with Gasteiger partial charge in [-0.15, -0.1) is 12.6 Å².